The van der Waals surface area contributed by atoms with Crippen LogP contribution in [0.5, 0.6) is 0 Å². The molecule has 0 spiro atoms. The SMILES string of the molecule is CC[C@H](C)NC(=O)[C@@H](C)N(Cc1ccccc1F)C(=O)CN(C)S(=O)(=O)c1ccc(Cl)cc1. The molecule has 2 amide bonds. The smallest absolute Gasteiger partial charge is 0.243 e. The molecule has 2 atom stereocenters. The molecule has 0 heterocycles. The highest BCUT2D eigenvalue weighted by Crippen LogP contribution is 2.19. The van der Waals surface area contributed by atoms with E-state index in [0.717, 1.165) is 4.31 Å². The molecule has 0 bridgehead atoms. The van der Waals surface area contributed by atoms with Gasteiger partial charge in [0.1, 0.15) is 11.9 Å². The van der Waals surface area contributed by atoms with Crippen molar-refractivity contribution in [3.05, 3.63) is 64.9 Å². The fourth-order valence-electron chi connectivity index (χ4n) is 3.01. The minimum absolute atomic E-state index is 0.0228. The molecule has 0 radical (unpaired) electrons. The molecule has 180 valence electrons. The lowest BCUT2D eigenvalue weighted by atomic mass is 10.1. The number of likely N-dealkylation sites (N-methyl/N-ethyl adjacent to an activating group) is 1. The van der Waals surface area contributed by atoms with Crippen molar-refractivity contribution in [1.82, 2.24) is 14.5 Å². The molecule has 7 nitrogen and oxygen atoms in total. The maximum absolute atomic E-state index is 14.3. The normalized spacial score (nSPS) is 13.4. The van der Waals surface area contributed by atoms with Crippen molar-refractivity contribution in [1.29, 1.82) is 0 Å². The van der Waals surface area contributed by atoms with Crippen LogP contribution < -0.4 is 5.32 Å². The highest BCUT2D eigenvalue weighted by Gasteiger charge is 2.31. The number of hydrogen-bond acceptors (Lipinski definition) is 4. The number of carbonyl (C=O) groups excluding carboxylic acids is 2. The van der Waals surface area contributed by atoms with Gasteiger partial charge < -0.3 is 10.2 Å². The van der Waals surface area contributed by atoms with Crippen LogP contribution in [-0.4, -0.2) is 55.1 Å². The number of benzene rings is 2. The molecular weight excluding hydrogens is 469 g/mol. The second-order valence-corrected chi connectivity index (χ2v) is 10.3. The molecule has 10 heteroatoms. The molecule has 0 fully saturated rings. The van der Waals surface area contributed by atoms with Gasteiger partial charge in [-0.3, -0.25) is 9.59 Å². The highest BCUT2D eigenvalue weighted by molar-refractivity contribution is 7.89. The van der Waals surface area contributed by atoms with Gasteiger partial charge in [0.05, 0.1) is 11.4 Å². The summed E-state index contributed by atoms with van der Waals surface area (Å²) in [6.07, 6.45) is 0.696. The molecule has 1 N–H and O–H groups in total. The Balaban J connectivity index is 2.29. The van der Waals surface area contributed by atoms with Gasteiger partial charge in [-0.1, -0.05) is 36.7 Å². The molecule has 0 aliphatic rings. The average molecular weight is 498 g/mol. The molecule has 2 rings (SSSR count). The summed E-state index contributed by atoms with van der Waals surface area (Å²) in [6.45, 7) is 4.56. The summed E-state index contributed by atoms with van der Waals surface area (Å²) >= 11 is 5.83. The molecule has 2 aromatic carbocycles. The maximum atomic E-state index is 14.3. The average Bonchev–Trinajstić information content (AvgIpc) is 2.78. The van der Waals surface area contributed by atoms with Crippen molar-refractivity contribution < 1.29 is 22.4 Å². The minimum Gasteiger partial charge on any atom is -0.352 e. The molecule has 33 heavy (non-hydrogen) atoms. The molecule has 0 aliphatic carbocycles. The van der Waals surface area contributed by atoms with E-state index in [1.807, 2.05) is 13.8 Å². The van der Waals surface area contributed by atoms with Crippen LogP contribution in [0.15, 0.2) is 53.4 Å². The van der Waals surface area contributed by atoms with Gasteiger partial charge in [-0.15, -0.1) is 0 Å². The van der Waals surface area contributed by atoms with Crippen LogP contribution in [0.4, 0.5) is 4.39 Å². The Labute approximate surface area is 199 Å². The number of halogens is 2. The number of hydrogen-bond donors (Lipinski definition) is 1. The molecule has 0 saturated heterocycles. The van der Waals surface area contributed by atoms with E-state index in [1.165, 1.54) is 61.3 Å². The lowest BCUT2D eigenvalue weighted by Gasteiger charge is -2.31. The van der Waals surface area contributed by atoms with Crippen LogP contribution in [0, 0.1) is 5.82 Å². The third kappa shape index (κ3) is 6.99. The van der Waals surface area contributed by atoms with Gasteiger partial charge in [-0.2, -0.15) is 4.31 Å². The Morgan fingerprint density at radius 1 is 1.09 bits per heavy atom. The molecular formula is C23H29ClFN3O4S. The minimum atomic E-state index is -3.98. The molecule has 2 aromatic rings. The maximum Gasteiger partial charge on any atom is 0.243 e. The standard InChI is InChI=1S/C23H29ClFN3O4S/c1-5-16(2)26-23(30)17(3)28(14-18-8-6-7-9-21(18)25)22(29)15-27(4)33(31,32)20-12-10-19(24)11-13-20/h6-13,16-17H,5,14-15H2,1-4H3,(H,26,30)/t16-,17+/m0/s1. The van der Waals surface area contributed by atoms with E-state index in [2.05, 4.69) is 5.32 Å². The lowest BCUT2D eigenvalue weighted by Crippen LogP contribution is -2.52. The molecule has 0 saturated carbocycles. The molecule has 0 aromatic heterocycles. The summed E-state index contributed by atoms with van der Waals surface area (Å²) in [5.74, 6) is -1.56. The highest BCUT2D eigenvalue weighted by atomic mass is 35.5. The Morgan fingerprint density at radius 3 is 2.27 bits per heavy atom. The largest absolute Gasteiger partial charge is 0.352 e. The van der Waals surface area contributed by atoms with Crippen molar-refractivity contribution in [2.45, 2.75) is 50.7 Å². The summed E-state index contributed by atoms with van der Waals surface area (Å²) in [5.41, 5.74) is 0.220. The fraction of sp³-hybridized carbons (Fsp3) is 0.391. The van der Waals surface area contributed by atoms with Gasteiger partial charge in [0.15, 0.2) is 0 Å². The Hall–Kier alpha value is -2.49. The number of rotatable bonds is 10. The molecule has 0 aliphatic heterocycles. The number of amides is 2. The lowest BCUT2D eigenvalue weighted by molar-refractivity contribution is -0.140. The fourth-order valence-corrected chi connectivity index (χ4v) is 4.26. The topological polar surface area (TPSA) is 86.8 Å². The van der Waals surface area contributed by atoms with Gasteiger partial charge in [-0.25, -0.2) is 12.8 Å². The van der Waals surface area contributed by atoms with E-state index in [-0.39, 0.29) is 23.0 Å². The van der Waals surface area contributed by atoms with E-state index < -0.39 is 40.2 Å². The van der Waals surface area contributed by atoms with Crippen molar-refractivity contribution in [3.8, 4) is 0 Å². The first-order valence-corrected chi connectivity index (χ1v) is 12.3. The van der Waals surface area contributed by atoms with Gasteiger partial charge in [-0.05, 0) is 50.6 Å². The van der Waals surface area contributed by atoms with E-state index in [9.17, 15) is 22.4 Å². The second-order valence-electron chi connectivity index (χ2n) is 7.82. The summed E-state index contributed by atoms with van der Waals surface area (Å²) in [5, 5.41) is 3.19. The summed E-state index contributed by atoms with van der Waals surface area (Å²) < 4.78 is 40.9. The third-order valence-electron chi connectivity index (χ3n) is 5.35. The number of carbonyl (C=O) groups is 2. The summed E-state index contributed by atoms with van der Waals surface area (Å²) in [6, 6.07) is 10.4. The van der Waals surface area contributed by atoms with Crippen molar-refractivity contribution >= 4 is 33.4 Å². The first-order chi connectivity index (χ1) is 15.5. The van der Waals surface area contributed by atoms with Crippen molar-refractivity contribution in [2.24, 2.45) is 0 Å². The van der Waals surface area contributed by atoms with Crippen LogP contribution >= 0.6 is 11.6 Å². The van der Waals surface area contributed by atoms with Crippen LogP contribution in [0.25, 0.3) is 0 Å². The predicted molar refractivity (Wildman–Crippen MR) is 126 cm³/mol. The van der Waals surface area contributed by atoms with E-state index >= 15 is 0 Å². The van der Waals surface area contributed by atoms with Crippen LogP contribution in [0.3, 0.4) is 0 Å². The summed E-state index contributed by atoms with van der Waals surface area (Å²) in [7, 11) is -2.71. The van der Waals surface area contributed by atoms with Gasteiger partial charge >= 0.3 is 0 Å². The monoisotopic (exact) mass is 497 g/mol. The van der Waals surface area contributed by atoms with Crippen LogP contribution in [0.2, 0.25) is 5.02 Å². The quantitative estimate of drug-likeness (QED) is 0.545. The second kappa shape index (κ2) is 11.6. The van der Waals surface area contributed by atoms with Crippen LogP contribution in [0.1, 0.15) is 32.8 Å². The number of nitrogens with zero attached hydrogens (tertiary/aromatic N) is 2. The number of nitrogens with one attached hydrogen (secondary N) is 1. The van der Waals surface area contributed by atoms with E-state index in [1.54, 1.807) is 6.07 Å². The Morgan fingerprint density at radius 2 is 1.70 bits per heavy atom. The number of sulfonamides is 1. The van der Waals surface area contributed by atoms with E-state index in [4.69, 9.17) is 11.6 Å². The molecule has 0 unspecified atom stereocenters. The van der Waals surface area contributed by atoms with Crippen molar-refractivity contribution in [2.75, 3.05) is 13.6 Å². The zero-order chi connectivity index (χ0) is 24.8. The third-order valence-corrected chi connectivity index (χ3v) is 7.42. The Kier molecular flexibility index (Phi) is 9.39. The van der Waals surface area contributed by atoms with Crippen LogP contribution in [-0.2, 0) is 26.2 Å². The summed E-state index contributed by atoms with van der Waals surface area (Å²) in [4.78, 5) is 27.1. The van der Waals surface area contributed by atoms with E-state index in [0.29, 0.717) is 11.4 Å². The first kappa shape index (κ1) is 26.8. The van der Waals surface area contributed by atoms with Gasteiger partial charge in [0.2, 0.25) is 21.8 Å². The first-order valence-electron chi connectivity index (χ1n) is 10.5. The Bertz CT molecular complexity index is 1080. The van der Waals surface area contributed by atoms with Gasteiger partial charge in [0.25, 0.3) is 0 Å². The predicted octanol–water partition coefficient (Wildman–Crippen LogP) is 3.43. The zero-order valence-electron chi connectivity index (χ0n) is 19.1. The zero-order valence-corrected chi connectivity index (χ0v) is 20.7. The van der Waals surface area contributed by atoms with Crippen molar-refractivity contribution in [3.63, 3.8) is 0 Å². The van der Waals surface area contributed by atoms with Gasteiger partial charge in [0, 0.05) is 30.2 Å².